The first kappa shape index (κ1) is 22.8. The van der Waals surface area contributed by atoms with Gasteiger partial charge in [-0.3, -0.25) is 9.69 Å². The van der Waals surface area contributed by atoms with Crippen molar-refractivity contribution in [3.8, 4) is 5.75 Å². The van der Waals surface area contributed by atoms with Gasteiger partial charge in [-0.2, -0.15) is 0 Å². The Morgan fingerprint density at radius 2 is 1.75 bits per heavy atom. The van der Waals surface area contributed by atoms with Crippen molar-refractivity contribution < 1.29 is 9.53 Å². The van der Waals surface area contributed by atoms with Crippen molar-refractivity contribution in [2.75, 3.05) is 39.3 Å². The van der Waals surface area contributed by atoms with E-state index >= 15 is 0 Å². The second-order valence-electron chi connectivity index (χ2n) is 9.05. The van der Waals surface area contributed by atoms with Gasteiger partial charge in [-0.25, -0.2) is 0 Å². The minimum atomic E-state index is 0.00577. The molecule has 5 heteroatoms. The lowest BCUT2D eigenvalue weighted by Gasteiger charge is -2.32. The zero-order chi connectivity index (χ0) is 22.2. The molecular formula is C27H37N3O2. The van der Waals surface area contributed by atoms with Gasteiger partial charge in [0, 0.05) is 37.8 Å². The molecular weight excluding hydrogens is 398 g/mol. The van der Waals surface area contributed by atoms with Crippen LogP contribution in [0.15, 0.2) is 54.6 Å². The summed E-state index contributed by atoms with van der Waals surface area (Å²) < 4.78 is 6.21. The standard InChI is InChI=1S/C27H37N3O2/c1-2-30-17-6-9-24(30)21-28-27(31)23-10-12-25(13-11-23)32-26-15-19-29(20-16-26)18-14-22-7-4-3-5-8-22/h3-5,7-8,10-13,24,26H,2,6,9,14-21H2,1H3,(H,28,31)/t24-/m1/s1. The Kier molecular flexibility index (Phi) is 8.18. The van der Waals surface area contributed by atoms with E-state index in [2.05, 4.69) is 52.4 Å². The first-order chi connectivity index (χ1) is 15.7. The van der Waals surface area contributed by atoms with Crippen LogP contribution in [-0.2, 0) is 6.42 Å². The van der Waals surface area contributed by atoms with Crippen molar-refractivity contribution in [2.45, 2.75) is 51.2 Å². The first-order valence-corrected chi connectivity index (χ1v) is 12.3. The number of carbonyl (C=O) groups is 1. The quantitative estimate of drug-likeness (QED) is 0.647. The smallest absolute Gasteiger partial charge is 0.251 e. The number of piperidine rings is 1. The summed E-state index contributed by atoms with van der Waals surface area (Å²) in [7, 11) is 0. The van der Waals surface area contributed by atoms with Gasteiger partial charge in [0.1, 0.15) is 11.9 Å². The van der Waals surface area contributed by atoms with Gasteiger partial charge in [-0.15, -0.1) is 0 Å². The zero-order valence-electron chi connectivity index (χ0n) is 19.3. The number of likely N-dealkylation sites (N-methyl/N-ethyl adjacent to an activating group) is 1. The molecule has 2 heterocycles. The van der Waals surface area contributed by atoms with E-state index in [1.807, 2.05) is 24.3 Å². The average Bonchev–Trinajstić information content (AvgIpc) is 3.31. The van der Waals surface area contributed by atoms with Gasteiger partial charge in [0.15, 0.2) is 0 Å². The monoisotopic (exact) mass is 435 g/mol. The molecule has 5 nitrogen and oxygen atoms in total. The number of carbonyl (C=O) groups excluding carboxylic acids is 1. The SMILES string of the molecule is CCN1CCC[C@@H]1CNC(=O)c1ccc(OC2CCN(CCc3ccccc3)CC2)cc1. The summed E-state index contributed by atoms with van der Waals surface area (Å²) in [5.41, 5.74) is 2.11. The Bertz CT molecular complexity index is 832. The Morgan fingerprint density at radius 3 is 2.47 bits per heavy atom. The van der Waals surface area contributed by atoms with Crippen LogP contribution in [0.5, 0.6) is 5.75 Å². The van der Waals surface area contributed by atoms with E-state index in [1.54, 1.807) is 0 Å². The third kappa shape index (κ3) is 6.33. The lowest BCUT2D eigenvalue weighted by atomic mass is 10.1. The zero-order valence-corrected chi connectivity index (χ0v) is 19.3. The highest BCUT2D eigenvalue weighted by Gasteiger charge is 2.23. The molecule has 32 heavy (non-hydrogen) atoms. The van der Waals surface area contributed by atoms with E-state index in [9.17, 15) is 4.79 Å². The van der Waals surface area contributed by atoms with Gasteiger partial charge in [0.25, 0.3) is 5.91 Å². The molecule has 2 aliphatic rings. The van der Waals surface area contributed by atoms with Gasteiger partial charge in [-0.1, -0.05) is 37.3 Å². The van der Waals surface area contributed by atoms with Gasteiger partial charge >= 0.3 is 0 Å². The van der Waals surface area contributed by atoms with E-state index in [0.29, 0.717) is 11.6 Å². The largest absolute Gasteiger partial charge is 0.490 e. The van der Waals surface area contributed by atoms with Crippen LogP contribution in [-0.4, -0.2) is 67.1 Å². The Balaban J connectivity index is 1.17. The second-order valence-corrected chi connectivity index (χ2v) is 9.05. The molecule has 2 fully saturated rings. The van der Waals surface area contributed by atoms with Gasteiger partial charge in [0.05, 0.1) is 0 Å². The number of likely N-dealkylation sites (tertiary alicyclic amines) is 2. The lowest BCUT2D eigenvalue weighted by Crippen LogP contribution is -2.40. The van der Waals surface area contributed by atoms with Crippen LogP contribution in [0.2, 0.25) is 0 Å². The molecule has 0 bridgehead atoms. The van der Waals surface area contributed by atoms with Crippen molar-refractivity contribution in [1.82, 2.24) is 15.1 Å². The summed E-state index contributed by atoms with van der Waals surface area (Å²) >= 11 is 0. The molecule has 2 saturated heterocycles. The third-order valence-corrected chi connectivity index (χ3v) is 6.92. The minimum Gasteiger partial charge on any atom is -0.490 e. The van der Waals surface area contributed by atoms with Gasteiger partial charge in [-0.05, 0) is 75.0 Å². The fraction of sp³-hybridized carbons (Fsp3) is 0.519. The van der Waals surface area contributed by atoms with Gasteiger partial charge < -0.3 is 15.0 Å². The molecule has 2 aromatic rings. The summed E-state index contributed by atoms with van der Waals surface area (Å²) in [6.07, 6.45) is 5.86. The molecule has 0 spiro atoms. The average molecular weight is 436 g/mol. The second kappa shape index (κ2) is 11.5. The number of nitrogens with zero attached hydrogens (tertiary/aromatic N) is 2. The van der Waals surface area contributed by atoms with Crippen molar-refractivity contribution in [2.24, 2.45) is 0 Å². The molecule has 1 N–H and O–H groups in total. The highest BCUT2D eigenvalue weighted by molar-refractivity contribution is 5.94. The van der Waals surface area contributed by atoms with E-state index in [4.69, 9.17) is 4.74 Å². The fourth-order valence-electron chi connectivity index (χ4n) is 4.92. The number of hydrogen-bond donors (Lipinski definition) is 1. The number of rotatable bonds is 9. The van der Waals surface area contributed by atoms with E-state index in [0.717, 1.165) is 64.3 Å². The lowest BCUT2D eigenvalue weighted by molar-refractivity contribution is 0.0940. The van der Waals surface area contributed by atoms with Crippen LogP contribution in [0.3, 0.4) is 0 Å². The Hall–Kier alpha value is -2.37. The maximum atomic E-state index is 12.5. The highest BCUT2D eigenvalue weighted by atomic mass is 16.5. The van der Waals surface area contributed by atoms with E-state index in [1.165, 1.54) is 18.4 Å². The number of nitrogens with one attached hydrogen (secondary N) is 1. The predicted molar refractivity (Wildman–Crippen MR) is 129 cm³/mol. The molecule has 0 radical (unpaired) electrons. The summed E-state index contributed by atoms with van der Waals surface area (Å²) in [6, 6.07) is 18.8. The Labute approximate surface area is 192 Å². The number of benzene rings is 2. The van der Waals surface area contributed by atoms with E-state index < -0.39 is 0 Å². The van der Waals surface area contributed by atoms with Crippen LogP contribution < -0.4 is 10.1 Å². The first-order valence-electron chi connectivity index (χ1n) is 12.3. The van der Waals surface area contributed by atoms with Crippen LogP contribution in [0.4, 0.5) is 0 Å². The summed E-state index contributed by atoms with van der Waals surface area (Å²) in [5.74, 6) is 0.864. The normalized spacial score (nSPS) is 20.3. The number of amides is 1. The van der Waals surface area contributed by atoms with Crippen molar-refractivity contribution >= 4 is 5.91 Å². The highest BCUT2D eigenvalue weighted by Crippen LogP contribution is 2.20. The van der Waals surface area contributed by atoms with Crippen molar-refractivity contribution in [1.29, 1.82) is 0 Å². The summed E-state index contributed by atoms with van der Waals surface area (Å²) in [4.78, 5) is 17.5. The molecule has 0 aliphatic carbocycles. The van der Waals surface area contributed by atoms with Crippen LogP contribution in [0.1, 0.15) is 48.5 Å². The maximum absolute atomic E-state index is 12.5. The fourth-order valence-corrected chi connectivity index (χ4v) is 4.92. The van der Waals surface area contributed by atoms with Crippen LogP contribution >= 0.6 is 0 Å². The molecule has 1 atom stereocenters. The minimum absolute atomic E-state index is 0.00577. The molecule has 0 saturated carbocycles. The Morgan fingerprint density at radius 1 is 1.00 bits per heavy atom. The molecule has 2 aromatic carbocycles. The predicted octanol–water partition coefficient (Wildman–Crippen LogP) is 3.99. The van der Waals surface area contributed by atoms with Crippen molar-refractivity contribution in [3.63, 3.8) is 0 Å². The molecule has 4 rings (SSSR count). The van der Waals surface area contributed by atoms with Crippen LogP contribution in [0, 0.1) is 0 Å². The topological polar surface area (TPSA) is 44.8 Å². The third-order valence-electron chi connectivity index (χ3n) is 6.92. The molecule has 1 amide bonds. The number of hydrogen-bond acceptors (Lipinski definition) is 4. The van der Waals surface area contributed by atoms with Crippen molar-refractivity contribution in [3.05, 3.63) is 65.7 Å². The van der Waals surface area contributed by atoms with Crippen LogP contribution in [0.25, 0.3) is 0 Å². The summed E-state index contributed by atoms with van der Waals surface area (Å²) in [6.45, 7) is 8.38. The van der Waals surface area contributed by atoms with Gasteiger partial charge in [0.2, 0.25) is 0 Å². The maximum Gasteiger partial charge on any atom is 0.251 e. The summed E-state index contributed by atoms with van der Waals surface area (Å²) in [5, 5.41) is 3.11. The number of ether oxygens (including phenoxy) is 1. The molecule has 2 aliphatic heterocycles. The molecule has 0 aromatic heterocycles. The molecule has 172 valence electrons. The molecule has 0 unspecified atom stereocenters. The van der Waals surface area contributed by atoms with E-state index in [-0.39, 0.29) is 12.0 Å².